The highest BCUT2D eigenvalue weighted by molar-refractivity contribution is 8.26. The molecule has 1 saturated heterocycles. The largest absolute Gasteiger partial charge is 0.457 e. The highest BCUT2D eigenvalue weighted by Gasteiger charge is 2.34. The van der Waals surface area contributed by atoms with Crippen LogP contribution < -0.4 is 4.74 Å². The lowest BCUT2D eigenvalue weighted by molar-refractivity contribution is -0.123. The van der Waals surface area contributed by atoms with Crippen LogP contribution >= 0.6 is 24.0 Å². The summed E-state index contributed by atoms with van der Waals surface area (Å²) < 4.78 is 10.8. The molecule has 134 valence electrons. The first-order valence-corrected chi connectivity index (χ1v) is 9.35. The molecule has 7 heteroatoms. The van der Waals surface area contributed by atoms with Crippen LogP contribution in [0.2, 0.25) is 0 Å². The number of carbonyl (C=O) groups is 2. The fourth-order valence-electron chi connectivity index (χ4n) is 2.38. The van der Waals surface area contributed by atoms with Crippen molar-refractivity contribution in [2.75, 3.05) is 0 Å². The van der Waals surface area contributed by atoms with E-state index < -0.39 is 5.97 Å². The molecule has 0 spiro atoms. The average molecular weight is 387 g/mol. The molecule has 2 heterocycles. The molecule has 0 bridgehead atoms. The summed E-state index contributed by atoms with van der Waals surface area (Å²) in [6.07, 6.45) is 4.05. The van der Waals surface area contributed by atoms with E-state index in [4.69, 9.17) is 21.4 Å². The zero-order valence-corrected chi connectivity index (χ0v) is 15.9. The van der Waals surface area contributed by atoms with Gasteiger partial charge in [0, 0.05) is 6.04 Å². The van der Waals surface area contributed by atoms with E-state index in [2.05, 4.69) is 0 Å². The molecule has 0 radical (unpaired) electrons. The van der Waals surface area contributed by atoms with Crippen molar-refractivity contribution in [1.82, 2.24) is 4.90 Å². The third kappa shape index (κ3) is 3.89. The maximum absolute atomic E-state index is 12.5. The number of amides is 1. The lowest BCUT2D eigenvalue weighted by Crippen LogP contribution is -2.36. The van der Waals surface area contributed by atoms with Crippen molar-refractivity contribution in [3.05, 3.63) is 58.9 Å². The number of hydrogen-bond acceptors (Lipinski definition) is 6. The molecule has 0 aliphatic carbocycles. The van der Waals surface area contributed by atoms with Gasteiger partial charge in [0.15, 0.2) is 0 Å². The van der Waals surface area contributed by atoms with Crippen LogP contribution in [-0.4, -0.2) is 27.1 Å². The van der Waals surface area contributed by atoms with E-state index >= 15 is 0 Å². The molecule has 2 aromatic rings. The van der Waals surface area contributed by atoms with E-state index in [0.29, 0.717) is 15.0 Å². The molecule has 1 aromatic carbocycles. The molecule has 1 fully saturated rings. The van der Waals surface area contributed by atoms with Crippen LogP contribution in [-0.2, 0) is 4.79 Å². The van der Waals surface area contributed by atoms with Gasteiger partial charge in [0.05, 0.1) is 11.2 Å². The first-order valence-electron chi connectivity index (χ1n) is 8.12. The van der Waals surface area contributed by atoms with E-state index in [-0.39, 0.29) is 17.7 Å². The Morgan fingerprint density at radius 1 is 1.35 bits per heavy atom. The van der Waals surface area contributed by atoms with E-state index in [1.54, 1.807) is 41.3 Å². The fraction of sp³-hybridized carbons (Fsp3) is 0.211. The number of ether oxygens (including phenoxy) is 1. The van der Waals surface area contributed by atoms with Crippen LogP contribution in [0.15, 0.2) is 52.0 Å². The summed E-state index contributed by atoms with van der Waals surface area (Å²) >= 11 is 6.63. The summed E-state index contributed by atoms with van der Waals surface area (Å²) in [5, 5.41) is 0. The lowest BCUT2D eigenvalue weighted by atomic mass is 10.2. The standard InChI is InChI=1S/C19H17NO4S2/c1-3-12(2)20-17(21)16(26-19(20)25)11-13-6-8-14(9-7-13)24-18(22)15-5-4-10-23-15/h4-12H,3H2,1-2H3/b16-11-/t12-/m1/s1. The summed E-state index contributed by atoms with van der Waals surface area (Å²) in [5.41, 5.74) is 0.826. The number of thiocarbonyl (C=S) groups is 1. The second kappa shape index (κ2) is 7.88. The second-order valence-electron chi connectivity index (χ2n) is 5.74. The smallest absolute Gasteiger partial charge is 0.379 e. The maximum Gasteiger partial charge on any atom is 0.379 e. The van der Waals surface area contributed by atoms with E-state index in [9.17, 15) is 9.59 Å². The van der Waals surface area contributed by atoms with Crippen LogP contribution in [0.1, 0.15) is 36.4 Å². The molecule has 1 aromatic heterocycles. The number of hydrogen-bond donors (Lipinski definition) is 0. The Balaban J connectivity index is 1.71. The van der Waals surface area contributed by atoms with Crippen LogP contribution in [0.25, 0.3) is 6.08 Å². The molecular weight excluding hydrogens is 370 g/mol. The van der Waals surface area contributed by atoms with E-state index in [1.165, 1.54) is 24.1 Å². The summed E-state index contributed by atoms with van der Waals surface area (Å²) in [6, 6.07) is 10.1. The highest BCUT2D eigenvalue weighted by atomic mass is 32.2. The first kappa shape index (κ1) is 18.4. The third-order valence-corrected chi connectivity index (χ3v) is 5.30. The van der Waals surface area contributed by atoms with Gasteiger partial charge in [-0.25, -0.2) is 4.79 Å². The van der Waals surface area contributed by atoms with Crippen molar-refractivity contribution in [2.45, 2.75) is 26.3 Å². The van der Waals surface area contributed by atoms with Gasteiger partial charge in [0.2, 0.25) is 5.76 Å². The summed E-state index contributed by atoms with van der Waals surface area (Å²) in [6.45, 7) is 4.01. The molecule has 26 heavy (non-hydrogen) atoms. The molecule has 3 rings (SSSR count). The van der Waals surface area contributed by atoms with Gasteiger partial charge >= 0.3 is 5.97 Å². The minimum atomic E-state index is -0.558. The number of nitrogens with zero attached hydrogens (tertiary/aromatic N) is 1. The van der Waals surface area contributed by atoms with Gasteiger partial charge in [-0.2, -0.15) is 0 Å². The van der Waals surface area contributed by atoms with E-state index in [0.717, 1.165) is 12.0 Å². The van der Waals surface area contributed by atoms with Crippen molar-refractivity contribution in [1.29, 1.82) is 0 Å². The van der Waals surface area contributed by atoms with Crippen LogP contribution in [0.4, 0.5) is 0 Å². The Hall–Kier alpha value is -2.38. The maximum atomic E-state index is 12.5. The summed E-state index contributed by atoms with van der Waals surface area (Å²) in [5.74, 6) is -0.0849. The Morgan fingerprint density at radius 2 is 2.08 bits per heavy atom. The molecule has 0 N–H and O–H groups in total. The molecule has 5 nitrogen and oxygen atoms in total. The average Bonchev–Trinajstić information content (AvgIpc) is 3.25. The molecule has 0 unspecified atom stereocenters. The highest BCUT2D eigenvalue weighted by Crippen LogP contribution is 2.34. The van der Waals surface area contributed by atoms with Crippen molar-refractivity contribution in [3.63, 3.8) is 0 Å². The quantitative estimate of drug-likeness (QED) is 0.326. The molecule has 1 aliphatic heterocycles. The minimum Gasteiger partial charge on any atom is -0.457 e. The van der Waals surface area contributed by atoms with Crippen molar-refractivity contribution in [2.24, 2.45) is 0 Å². The van der Waals surface area contributed by atoms with Crippen LogP contribution in [0.5, 0.6) is 5.75 Å². The Bertz CT molecular complexity index is 856. The minimum absolute atomic E-state index is 0.0670. The molecule has 1 atom stereocenters. The Labute approximate surface area is 161 Å². The van der Waals surface area contributed by atoms with Crippen molar-refractivity contribution >= 4 is 46.3 Å². The normalized spacial score (nSPS) is 17.0. The zero-order valence-electron chi connectivity index (χ0n) is 14.3. The predicted molar refractivity (Wildman–Crippen MR) is 105 cm³/mol. The number of rotatable bonds is 5. The number of carbonyl (C=O) groups excluding carboxylic acids is 2. The topological polar surface area (TPSA) is 59.8 Å². The number of furan rings is 1. The SMILES string of the molecule is CC[C@@H](C)N1C(=O)/C(=C/c2ccc(OC(=O)c3ccco3)cc2)SC1=S. The number of thioether (sulfide) groups is 1. The van der Waals surface area contributed by atoms with E-state index in [1.807, 2.05) is 13.8 Å². The predicted octanol–water partition coefficient (Wildman–Crippen LogP) is 4.50. The summed E-state index contributed by atoms with van der Waals surface area (Å²) in [4.78, 5) is 26.6. The monoisotopic (exact) mass is 387 g/mol. The Kier molecular flexibility index (Phi) is 5.58. The van der Waals surface area contributed by atoms with Crippen molar-refractivity contribution < 1.29 is 18.7 Å². The van der Waals surface area contributed by atoms with Gasteiger partial charge in [-0.05, 0) is 49.2 Å². The number of esters is 1. The van der Waals surface area contributed by atoms with Gasteiger partial charge in [-0.3, -0.25) is 9.69 Å². The second-order valence-corrected chi connectivity index (χ2v) is 7.42. The van der Waals surface area contributed by atoms with Crippen molar-refractivity contribution in [3.8, 4) is 5.75 Å². The fourth-order valence-corrected chi connectivity index (χ4v) is 3.84. The lowest BCUT2D eigenvalue weighted by Gasteiger charge is -2.21. The molecule has 1 amide bonds. The molecule has 1 aliphatic rings. The van der Waals surface area contributed by atoms with Gasteiger partial charge in [0.25, 0.3) is 5.91 Å². The summed E-state index contributed by atoms with van der Waals surface area (Å²) in [7, 11) is 0. The first-order chi connectivity index (χ1) is 12.5. The number of benzene rings is 1. The third-order valence-electron chi connectivity index (χ3n) is 3.97. The van der Waals surface area contributed by atoms with Gasteiger partial charge in [-0.1, -0.05) is 43.0 Å². The Morgan fingerprint density at radius 3 is 2.69 bits per heavy atom. The van der Waals surface area contributed by atoms with Crippen LogP contribution in [0, 0.1) is 0 Å². The molecular formula is C19H17NO4S2. The van der Waals surface area contributed by atoms with Crippen LogP contribution in [0.3, 0.4) is 0 Å². The zero-order chi connectivity index (χ0) is 18.7. The van der Waals surface area contributed by atoms with Gasteiger partial charge < -0.3 is 9.15 Å². The molecule has 0 saturated carbocycles. The van der Waals surface area contributed by atoms with Gasteiger partial charge in [0.1, 0.15) is 10.1 Å². The van der Waals surface area contributed by atoms with Gasteiger partial charge in [-0.15, -0.1) is 0 Å².